The highest BCUT2D eigenvalue weighted by Crippen LogP contribution is 2.35. The van der Waals surface area contributed by atoms with Crippen LogP contribution in [0.4, 0.5) is 5.13 Å². The fourth-order valence-corrected chi connectivity index (χ4v) is 5.01. The van der Waals surface area contributed by atoms with E-state index in [-0.39, 0.29) is 12.0 Å². The zero-order chi connectivity index (χ0) is 21.3. The molecule has 30 heavy (non-hydrogen) atoms. The highest BCUT2D eigenvalue weighted by Gasteiger charge is 2.28. The highest BCUT2D eigenvalue weighted by atomic mass is 35.5. The lowest BCUT2D eigenvalue weighted by Gasteiger charge is -2.23. The molecule has 1 atom stereocenters. The molecule has 4 rings (SSSR count). The Hall–Kier alpha value is -2.35. The van der Waals surface area contributed by atoms with Crippen molar-refractivity contribution in [1.29, 1.82) is 0 Å². The minimum atomic E-state index is -0.175. The zero-order valence-corrected chi connectivity index (χ0v) is 18.7. The van der Waals surface area contributed by atoms with E-state index in [1.165, 1.54) is 11.3 Å². The van der Waals surface area contributed by atoms with Crippen molar-refractivity contribution in [3.63, 3.8) is 0 Å². The van der Waals surface area contributed by atoms with Gasteiger partial charge >= 0.3 is 0 Å². The van der Waals surface area contributed by atoms with Gasteiger partial charge in [0.1, 0.15) is 11.5 Å². The van der Waals surface area contributed by atoms with Crippen molar-refractivity contribution in [2.24, 2.45) is 0 Å². The molecule has 0 saturated carbocycles. The van der Waals surface area contributed by atoms with E-state index in [4.69, 9.17) is 30.8 Å². The van der Waals surface area contributed by atoms with Crippen LogP contribution in [0.25, 0.3) is 10.2 Å². The van der Waals surface area contributed by atoms with E-state index in [1.807, 2.05) is 19.1 Å². The van der Waals surface area contributed by atoms with Crippen LogP contribution in [0.2, 0.25) is 5.02 Å². The average Bonchev–Trinajstić information content (AvgIpc) is 3.40. The second-order valence-corrected chi connectivity index (χ2v) is 8.66. The van der Waals surface area contributed by atoms with Crippen LogP contribution < -0.4 is 14.4 Å². The molecule has 0 bridgehead atoms. The van der Waals surface area contributed by atoms with Crippen molar-refractivity contribution in [2.75, 3.05) is 32.3 Å². The fourth-order valence-electron chi connectivity index (χ4n) is 3.58. The van der Waals surface area contributed by atoms with Crippen LogP contribution in [0.15, 0.2) is 30.3 Å². The molecule has 0 spiro atoms. The Balaban J connectivity index is 1.76. The standard InChI is InChI=1S/C22H23ClN2O4S/c1-13-7-15(23)10-19-20(13)24-22(30-19)25(12-16-5-4-6-29-16)21(26)14-8-17(27-2)11-18(9-14)28-3/h7-11,16H,4-6,12H2,1-3H3. The van der Waals surface area contributed by atoms with Gasteiger partial charge in [-0.05, 0) is 49.6 Å². The number of fused-ring (bicyclic) bond motifs is 1. The van der Waals surface area contributed by atoms with E-state index in [1.54, 1.807) is 37.3 Å². The van der Waals surface area contributed by atoms with Crippen LogP contribution in [-0.4, -0.2) is 44.4 Å². The minimum absolute atomic E-state index is 0.0156. The van der Waals surface area contributed by atoms with Crippen molar-refractivity contribution in [3.8, 4) is 11.5 Å². The van der Waals surface area contributed by atoms with Gasteiger partial charge in [0.15, 0.2) is 5.13 Å². The quantitative estimate of drug-likeness (QED) is 0.527. The van der Waals surface area contributed by atoms with E-state index in [9.17, 15) is 4.79 Å². The lowest BCUT2D eigenvalue weighted by Crippen LogP contribution is -2.37. The molecule has 6 nitrogen and oxygen atoms in total. The lowest BCUT2D eigenvalue weighted by molar-refractivity contribution is 0.0917. The molecule has 8 heteroatoms. The number of methoxy groups -OCH3 is 2. The summed E-state index contributed by atoms with van der Waals surface area (Å²) in [5.74, 6) is 0.939. The van der Waals surface area contributed by atoms with Gasteiger partial charge in [0, 0.05) is 23.3 Å². The molecule has 0 aliphatic carbocycles. The number of nitrogens with zero attached hydrogens (tertiary/aromatic N) is 2. The van der Waals surface area contributed by atoms with Crippen LogP contribution in [0.3, 0.4) is 0 Å². The van der Waals surface area contributed by atoms with Crippen molar-refractivity contribution in [3.05, 3.63) is 46.5 Å². The molecule has 1 unspecified atom stereocenters. The molecule has 1 saturated heterocycles. The van der Waals surface area contributed by atoms with E-state index < -0.39 is 0 Å². The maximum atomic E-state index is 13.6. The number of benzene rings is 2. The monoisotopic (exact) mass is 446 g/mol. The summed E-state index contributed by atoms with van der Waals surface area (Å²) in [5.41, 5.74) is 2.30. The first kappa shape index (κ1) is 20.9. The molecular formula is C22H23ClN2O4S. The summed E-state index contributed by atoms with van der Waals surface area (Å²) in [7, 11) is 3.13. The Bertz CT molecular complexity index is 1060. The predicted molar refractivity (Wildman–Crippen MR) is 120 cm³/mol. The Labute approximate surface area is 184 Å². The molecule has 1 aromatic heterocycles. The third-order valence-corrected chi connectivity index (χ3v) is 6.37. The zero-order valence-electron chi connectivity index (χ0n) is 17.1. The van der Waals surface area contributed by atoms with Crippen molar-refractivity contribution >= 4 is 44.2 Å². The summed E-state index contributed by atoms with van der Waals surface area (Å²) in [5, 5.41) is 1.28. The second kappa shape index (κ2) is 8.79. The Morgan fingerprint density at radius 2 is 1.97 bits per heavy atom. The number of aromatic nitrogens is 1. The second-order valence-electron chi connectivity index (χ2n) is 7.22. The Morgan fingerprint density at radius 1 is 1.23 bits per heavy atom. The van der Waals surface area contributed by atoms with Gasteiger partial charge in [-0.2, -0.15) is 0 Å². The number of thiazole rings is 1. The number of carbonyl (C=O) groups excluding carboxylic acids is 1. The van der Waals surface area contributed by atoms with Gasteiger partial charge in [-0.3, -0.25) is 9.69 Å². The molecule has 1 aliphatic heterocycles. The Morgan fingerprint density at radius 3 is 2.60 bits per heavy atom. The normalized spacial score (nSPS) is 16.1. The van der Waals surface area contributed by atoms with E-state index in [0.717, 1.165) is 28.6 Å². The lowest BCUT2D eigenvalue weighted by atomic mass is 10.1. The summed E-state index contributed by atoms with van der Waals surface area (Å²) >= 11 is 7.68. The molecule has 158 valence electrons. The van der Waals surface area contributed by atoms with Gasteiger partial charge in [-0.25, -0.2) is 4.98 Å². The minimum Gasteiger partial charge on any atom is -0.497 e. The van der Waals surface area contributed by atoms with Crippen molar-refractivity contribution < 1.29 is 19.0 Å². The third kappa shape index (κ3) is 4.24. The number of rotatable bonds is 6. The number of halogens is 1. The van der Waals surface area contributed by atoms with Crippen LogP contribution in [-0.2, 0) is 4.74 Å². The van der Waals surface area contributed by atoms with Gasteiger partial charge in [-0.1, -0.05) is 22.9 Å². The highest BCUT2D eigenvalue weighted by molar-refractivity contribution is 7.22. The maximum Gasteiger partial charge on any atom is 0.260 e. The number of amides is 1. The number of ether oxygens (including phenoxy) is 3. The molecule has 2 aromatic carbocycles. The largest absolute Gasteiger partial charge is 0.497 e. The Kier molecular flexibility index (Phi) is 6.13. The first-order valence-corrected chi connectivity index (χ1v) is 10.9. The van der Waals surface area contributed by atoms with E-state index in [2.05, 4.69) is 0 Å². The average molecular weight is 447 g/mol. The first-order chi connectivity index (χ1) is 14.5. The molecule has 0 N–H and O–H groups in total. The summed E-state index contributed by atoms with van der Waals surface area (Å²) in [6.07, 6.45) is 1.90. The smallest absolute Gasteiger partial charge is 0.260 e. The molecule has 0 radical (unpaired) electrons. The molecule has 1 amide bonds. The topological polar surface area (TPSA) is 60.9 Å². The fraction of sp³-hybridized carbons (Fsp3) is 0.364. The van der Waals surface area contributed by atoms with E-state index >= 15 is 0 Å². The third-order valence-electron chi connectivity index (χ3n) is 5.12. The van der Waals surface area contributed by atoms with Gasteiger partial charge in [-0.15, -0.1) is 0 Å². The number of anilines is 1. The number of aryl methyl sites for hydroxylation is 1. The van der Waals surface area contributed by atoms with Crippen molar-refractivity contribution in [1.82, 2.24) is 4.98 Å². The van der Waals surface area contributed by atoms with Crippen molar-refractivity contribution in [2.45, 2.75) is 25.9 Å². The van der Waals surface area contributed by atoms with Gasteiger partial charge in [0.25, 0.3) is 5.91 Å². The summed E-state index contributed by atoms with van der Waals surface area (Å²) in [6, 6.07) is 8.93. The number of carbonyl (C=O) groups is 1. The van der Waals surface area contributed by atoms with Crippen LogP contribution in [0.5, 0.6) is 11.5 Å². The van der Waals surface area contributed by atoms with Gasteiger partial charge in [0.05, 0.1) is 37.1 Å². The van der Waals surface area contributed by atoms with E-state index in [0.29, 0.717) is 40.4 Å². The summed E-state index contributed by atoms with van der Waals surface area (Å²) in [6.45, 7) is 3.12. The molecule has 1 aliphatic rings. The van der Waals surface area contributed by atoms with Crippen LogP contribution in [0.1, 0.15) is 28.8 Å². The number of hydrogen-bond acceptors (Lipinski definition) is 6. The maximum absolute atomic E-state index is 13.6. The summed E-state index contributed by atoms with van der Waals surface area (Å²) in [4.78, 5) is 20.1. The van der Waals surface area contributed by atoms with Crippen LogP contribution in [0, 0.1) is 6.92 Å². The molecule has 1 fully saturated rings. The molecule has 3 aromatic rings. The summed E-state index contributed by atoms with van der Waals surface area (Å²) < 4.78 is 17.4. The molecule has 2 heterocycles. The number of hydrogen-bond donors (Lipinski definition) is 0. The predicted octanol–water partition coefficient (Wildman–Crippen LogP) is 5.10. The SMILES string of the molecule is COc1cc(OC)cc(C(=O)N(CC2CCCO2)c2nc3c(C)cc(Cl)cc3s2)c1. The van der Waals surface area contributed by atoms with Gasteiger partial charge in [0.2, 0.25) is 0 Å². The van der Waals surface area contributed by atoms with Gasteiger partial charge < -0.3 is 14.2 Å². The molecular weight excluding hydrogens is 424 g/mol. The first-order valence-electron chi connectivity index (χ1n) is 9.71. The van der Waals surface area contributed by atoms with Crippen LogP contribution >= 0.6 is 22.9 Å².